The Morgan fingerprint density at radius 2 is 1.82 bits per heavy atom. The highest BCUT2D eigenvalue weighted by Gasteiger charge is 2.36. The van der Waals surface area contributed by atoms with E-state index in [1.807, 2.05) is 0 Å². The zero-order valence-corrected chi connectivity index (χ0v) is 11.3. The molecule has 2 nitrogen and oxygen atoms in total. The van der Waals surface area contributed by atoms with Gasteiger partial charge in [-0.1, -0.05) is 6.07 Å². The monoisotopic (exact) mass is 358 g/mol. The Morgan fingerprint density at radius 1 is 1.29 bits per heavy atom. The van der Waals surface area contributed by atoms with Gasteiger partial charge in [-0.3, -0.25) is 4.79 Å². The number of carboxylic acid groups (broad SMARTS) is 1. The van der Waals surface area contributed by atoms with E-state index in [2.05, 4.69) is 0 Å². The Kier molecular flexibility index (Phi) is 3.75. The summed E-state index contributed by atoms with van der Waals surface area (Å²) in [5.74, 6) is -1.16. The molecule has 0 heterocycles. The molecular weight excluding hydrogens is 348 g/mol. The topological polar surface area (TPSA) is 37.3 Å². The second-order valence-electron chi connectivity index (χ2n) is 4.12. The number of carbonyl (C=O) groups is 1. The molecule has 94 valence electrons. The first-order valence-corrected chi connectivity index (χ1v) is 5.75. The highest BCUT2D eigenvalue weighted by atomic mass is 127. The van der Waals surface area contributed by atoms with Crippen molar-refractivity contribution in [2.75, 3.05) is 0 Å². The number of rotatable bonds is 2. The van der Waals surface area contributed by atoms with Crippen molar-refractivity contribution in [3.8, 4) is 0 Å². The fourth-order valence-corrected chi connectivity index (χ4v) is 1.90. The summed E-state index contributed by atoms with van der Waals surface area (Å²) in [6, 6.07) is 3.59. The van der Waals surface area contributed by atoms with Gasteiger partial charge in [0.05, 0.1) is 11.0 Å². The van der Waals surface area contributed by atoms with Gasteiger partial charge in [-0.15, -0.1) is 0 Å². The summed E-state index contributed by atoms with van der Waals surface area (Å²) in [4.78, 5) is 11.0. The Hall–Kier alpha value is -0.790. The number of aliphatic carboxylic acids is 1. The summed E-state index contributed by atoms with van der Waals surface area (Å²) in [6.45, 7) is 2.75. The van der Waals surface area contributed by atoms with Crippen LogP contribution in [0, 0.1) is 3.57 Å². The fraction of sp³-hybridized carbons (Fsp3) is 0.364. The van der Waals surface area contributed by atoms with Crippen LogP contribution >= 0.6 is 22.6 Å². The van der Waals surface area contributed by atoms with Crippen LogP contribution in [-0.4, -0.2) is 11.1 Å². The highest BCUT2D eigenvalue weighted by Crippen LogP contribution is 2.35. The standard InChI is InChI=1S/C11H10F3IO2/c1-10(2,9(16)17)6-3-4-8(15)7(5-6)11(12,13)14/h3-5H,1-2H3,(H,16,17). The molecule has 1 aromatic rings. The lowest BCUT2D eigenvalue weighted by Gasteiger charge is -2.21. The molecule has 0 aromatic heterocycles. The van der Waals surface area contributed by atoms with Crippen molar-refractivity contribution in [1.82, 2.24) is 0 Å². The Bertz CT molecular complexity index is 453. The maximum absolute atomic E-state index is 12.7. The number of alkyl halides is 3. The molecule has 17 heavy (non-hydrogen) atoms. The minimum atomic E-state index is -4.47. The number of hydrogen-bond donors (Lipinski definition) is 1. The van der Waals surface area contributed by atoms with Gasteiger partial charge in [0.1, 0.15) is 0 Å². The Labute approximate surface area is 110 Å². The first-order chi connectivity index (χ1) is 7.56. The minimum Gasteiger partial charge on any atom is -0.481 e. The van der Waals surface area contributed by atoms with E-state index in [0.29, 0.717) is 0 Å². The summed E-state index contributed by atoms with van der Waals surface area (Å²) in [5.41, 5.74) is -2.01. The van der Waals surface area contributed by atoms with Crippen LogP contribution in [0.3, 0.4) is 0 Å². The van der Waals surface area contributed by atoms with Gasteiger partial charge in [0.15, 0.2) is 0 Å². The normalized spacial score (nSPS) is 12.6. The summed E-state index contributed by atoms with van der Waals surface area (Å²) in [5, 5.41) is 8.97. The Balaban J connectivity index is 3.37. The van der Waals surface area contributed by atoms with Crippen molar-refractivity contribution < 1.29 is 23.1 Å². The zero-order chi connectivity index (χ0) is 13.4. The van der Waals surface area contributed by atoms with Crippen LogP contribution < -0.4 is 0 Å². The van der Waals surface area contributed by atoms with E-state index in [-0.39, 0.29) is 9.13 Å². The molecule has 0 bridgehead atoms. The van der Waals surface area contributed by atoms with E-state index in [9.17, 15) is 18.0 Å². The van der Waals surface area contributed by atoms with Gasteiger partial charge < -0.3 is 5.11 Å². The van der Waals surface area contributed by atoms with E-state index in [1.54, 1.807) is 22.6 Å². The van der Waals surface area contributed by atoms with Gasteiger partial charge >= 0.3 is 12.1 Å². The molecule has 0 radical (unpaired) electrons. The predicted molar refractivity (Wildman–Crippen MR) is 64.8 cm³/mol. The molecule has 0 aliphatic rings. The van der Waals surface area contributed by atoms with Crippen LogP contribution in [0.25, 0.3) is 0 Å². The van der Waals surface area contributed by atoms with Gasteiger partial charge in [0, 0.05) is 3.57 Å². The van der Waals surface area contributed by atoms with Crippen LogP contribution in [0.1, 0.15) is 25.0 Å². The molecule has 1 N–H and O–H groups in total. The largest absolute Gasteiger partial charge is 0.481 e. The lowest BCUT2D eigenvalue weighted by molar-refractivity contribution is -0.143. The predicted octanol–water partition coefficient (Wildman–Crippen LogP) is 3.67. The fourth-order valence-electron chi connectivity index (χ4n) is 1.25. The first-order valence-electron chi connectivity index (χ1n) is 4.67. The average molecular weight is 358 g/mol. The van der Waals surface area contributed by atoms with E-state index >= 15 is 0 Å². The van der Waals surface area contributed by atoms with Gasteiger partial charge in [-0.05, 0) is 54.1 Å². The second-order valence-corrected chi connectivity index (χ2v) is 5.28. The molecule has 0 unspecified atom stereocenters. The third kappa shape index (κ3) is 2.91. The molecule has 0 spiro atoms. The zero-order valence-electron chi connectivity index (χ0n) is 9.10. The maximum Gasteiger partial charge on any atom is 0.417 e. The van der Waals surface area contributed by atoms with E-state index in [1.165, 1.54) is 26.0 Å². The van der Waals surface area contributed by atoms with Gasteiger partial charge in [0.2, 0.25) is 0 Å². The molecule has 0 saturated heterocycles. The summed E-state index contributed by atoms with van der Waals surface area (Å²) in [6.07, 6.45) is -4.47. The van der Waals surface area contributed by atoms with Crippen LogP contribution in [0.2, 0.25) is 0 Å². The third-order valence-corrected chi connectivity index (χ3v) is 3.47. The van der Waals surface area contributed by atoms with E-state index in [4.69, 9.17) is 5.11 Å². The molecule has 1 aromatic carbocycles. The van der Waals surface area contributed by atoms with Gasteiger partial charge in [0.25, 0.3) is 0 Å². The van der Waals surface area contributed by atoms with Crippen molar-refractivity contribution in [1.29, 1.82) is 0 Å². The summed E-state index contributed by atoms with van der Waals surface area (Å²) >= 11 is 1.58. The number of benzene rings is 1. The van der Waals surface area contributed by atoms with E-state index < -0.39 is 23.1 Å². The average Bonchev–Trinajstić information content (AvgIpc) is 2.15. The molecule has 0 saturated carbocycles. The van der Waals surface area contributed by atoms with E-state index in [0.717, 1.165) is 6.07 Å². The molecule has 0 atom stereocenters. The first kappa shape index (κ1) is 14.3. The maximum atomic E-state index is 12.7. The SMILES string of the molecule is CC(C)(C(=O)O)c1ccc(I)c(C(F)(F)F)c1. The molecule has 0 fully saturated rings. The van der Waals surface area contributed by atoms with Crippen molar-refractivity contribution in [2.45, 2.75) is 25.4 Å². The van der Waals surface area contributed by atoms with Crippen LogP contribution in [0.5, 0.6) is 0 Å². The third-order valence-electron chi connectivity index (χ3n) is 2.53. The number of hydrogen-bond acceptors (Lipinski definition) is 1. The Morgan fingerprint density at radius 3 is 2.24 bits per heavy atom. The lowest BCUT2D eigenvalue weighted by atomic mass is 9.84. The molecule has 6 heteroatoms. The molecule has 1 rings (SSSR count). The van der Waals surface area contributed by atoms with Gasteiger partial charge in [-0.25, -0.2) is 0 Å². The van der Waals surface area contributed by atoms with Crippen molar-refractivity contribution >= 4 is 28.6 Å². The number of carboxylic acids is 1. The molecule has 0 aliphatic heterocycles. The molecular formula is C11H10F3IO2. The van der Waals surface area contributed by atoms with Crippen molar-refractivity contribution in [3.63, 3.8) is 0 Å². The summed E-state index contributed by atoms with van der Waals surface area (Å²) < 4.78 is 38.1. The second kappa shape index (κ2) is 4.47. The quantitative estimate of drug-likeness (QED) is 0.820. The lowest BCUT2D eigenvalue weighted by Crippen LogP contribution is -2.29. The number of halogens is 4. The van der Waals surface area contributed by atoms with Gasteiger partial charge in [-0.2, -0.15) is 13.2 Å². The van der Waals surface area contributed by atoms with Crippen LogP contribution in [0.15, 0.2) is 18.2 Å². The minimum absolute atomic E-state index is 0.0556. The van der Waals surface area contributed by atoms with Crippen LogP contribution in [0.4, 0.5) is 13.2 Å². The highest BCUT2D eigenvalue weighted by molar-refractivity contribution is 14.1. The summed E-state index contributed by atoms with van der Waals surface area (Å²) in [7, 11) is 0. The van der Waals surface area contributed by atoms with Crippen molar-refractivity contribution in [2.24, 2.45) is 0 Å². The molecule has 0 aliphatic carbocycles. The van der Waals surface area contributed by atoms with Crippen molar-refractivity contribution in [3.05, 3.63) is 32.9 Å². The smallest absolute Gasteiger partial charge is 0.417 e. The van der Waals surface area contributed by atoms with Crippen LogP contribution in [-0.2, 0) is 16.4 Å². The molecule has 0 amide bonds.